The third-order valence-corrected chi connectivity index (χ3v) is 5.78. The summed E-state index contributed by atoms with van der Waals surface area (Å²) in [4.78, 5) is 0.289. The molecule has 0 radical (unpaired) electrons. The summed E-state index contributed by atoms with van der Waals surface area (Å²) in [7, 11) is -1.94. The van der Waals surface area contributed by atoms with Crippen molar-refractivity contribution in [1.82, 2.24) is 4.31 Å². The lowest BCUT2D eigenvalue weighted by molar-refractivity contribution is 0.466. The van der Waals surface area contributed by atoms with Crippen molar-refractivity contribution in [2.75, 3.05) is 7.05 Å². The summed E-state index contributed by atoms with van der Waals surface area (Å²) in [6, 6.07) is 14.0. The normalized spacial score (nSPS) is 11.8. The smallest absolute Gasteiger partial charge is 0.207 e. The van der Waals surface area contributed by atoms with Gasteiger partial charge in [-0.15, -0.1) is 0 Å². The number of nitrogens with zero attached hydrogens (tertiary/aromatic N) is 1. The van der Waals surface area contributed by atoms with Crippen molar-refractivity contribution in [2.45, 2.75) is 16.8 Å². The Hall–Kier alpha value is -0.880. The van der Waals surface area contributed by atoms with Crippen LogP contribution in [0.15, 0.2) is 53.4 Å². The Kier molecular flexibility index (Phi) is 5.43. The highest BCUT2D eigenvalue weighted by Crippen LogP contribution is 2.19. The van der Waals surface area contributed by atoms with E-state index in [0.29, 0.717) is 10.4 Å². The molecule has 2 aromatic carbocycles. The number of halogens is 2. The minimum absolute atomic E-state index is 0.281. The molecule has 0 unspecified atom stereocenters. The van der Waals surface area contributed by atoms with Crippen LogP contribution in [0.3, 0.4) is 0 Å². The summed E-state index contributed by atoms with van der Waals surface area (Å²) in [6.45, 7) is 0.281. The molecule has 0 atom stereocenters. The molecule has 6 heteroatoms. The van der Waals surface area contributed by atoms with Gasteiger partial charge in [-0.25, -0.2) is 8.42 Å². The average molecular weight is 389 g/mol. The fourth-order valence-electron chi connectivity index (χ4n) is 1.91. The highest BCUT2D eigenvalue weighted by molar-refractivity contribution is 9.08. The quantitative estimate of drug-likeness (QED) is 0.725. The molecule has 0 N–H and O–H groups in total. The van der Waals surface area contributed by atoms with Gasteiger partial charge in [-0.1, -0.05) is 51.8 Å². The molecular weight excluding hydrogens is 374 g/mol. The van der Waals surface area contributed by atoms with Gasteiger partial charge in [0.1, 0.15) is 0 Å². The molecular formula is C15H15BrClNO2S. The van der Waals surface area contributed by atoms with E-state index in [-0.39, 0.29) is 11.4 Å². The molecule has 0 aliphatic heterocycles. The summed E-state index contributed by atoms with van der Waals surface area (Å²) in [5.74, 6) is 0. The number of alkyl halides is 1. The topological polar surface area (TPSA) is 37.4 Å². The summed E-state index contributed by atoms with van der Waals surface area (Å²) in [5.41, 5.74) is 1.89. The zero-order chi connectivity index (χ0) is 15.5. The van der Waals surface area contributed by atoms with Crippen LogP contribution < -0.4 is 0 Å². The zero-order valence-corrected chi connectivity index (χ0v) is 14.6. The Morgan fingerprint density at radius 3 is 2.33 bits per heavy atom. The van der Waals surface area contributed by atoms with Crippen LogP contribution in [0, 0.1) is 0 Å². The van der Waals surface area contributed by atoms with Gasteiger partial charge in [0.05, 0.1) is 4.90 Å². The molecule has 0 spiro atoms. The predicted octanol–water partition coefficient (Wildman–Crippen LogP) is 4.06. The highest BCUT2D eigenvalue weighted by Gasteiger charge is 2.20. The summed E-state index contributed by atoms with van der Waals surface area (Å²) in [5, 5.41) is 1.30. The van der Waals surface area contributed by atoms with Gasteiger partial charge in [-0.2, -0.15) is 4.31 Å². The highest BCUT2D eigenvalue weighted by atomic mass is 79.9. The zero-order valence-electron chi connectivity index (χ0n) is 11.5. The van der Waals surface area contributed by atoms with Crippen molar-refractivity contribution >= 4 is 37.6 Å². The SMILES string of the molecule is CN(Cc1cccc(Cl)c1)S(=O)(=O)c1ccc(CBr)cc1. The Bertz CT molecular complexity index is 717. The average Bonchev–Trinajstić information content (AvgIpc) is 2.47. The first-order valence-electron chi connectivity index (χ1n) is 6.29. The third kappa shape index (κ3) is 4.07. The van der Waals surface area contributed by atoms with Crippen molar-refractivity contribution in [3.8, 4) is 0 Å². The van der Waals surface area contributed by atoms with E-state index in [4.69, 9.17) is 11.6 Å². The summed E-state index contributed by atoms with van der Waals surface area (Å²) in [6.07, 6.45) is 0. The van der Waals surface area contributed by atoms with Crippen LogP contribution >= 0.6 is 27.5 Å². The van der Waals surface area contributed by atoms with Gasteiger partial charge in [-0.05, 0) is 35.4 Å². The second-order valence-corrected chi connectivity index (χ2v) is 7.71. The van der Waals surface area contributed by atoms with Gasteiger partial charge in [0.15, 0.2) is 0 Å². The largest absolute Gasteiger partial charge is 0.243 e. The van der Waals surface area contributed by atoms with Crippen LogP contribution in [-0.2, 0) is 21.9 Å². The second-order valence-electron chi connectivity index (χ2n) is 4.67. The van der Waals surface area contributed by atoms with E-state index in [1.165, 1.54) is 4.31 Å². The van der Waals surface area contributed by atoms with Crippen molar-refractivity contribution < 1.29 is 8.42 Å². The van der Waals surface area contributed by atoms with E-state index in [2.05, 4.69) is 15.9 Å². The number of sulfonamides is 1. The maximum absolute atomic E-state index is 12.5. The minimum atomic E-state index is -3.50. The van der Waals surface area contributed by atoms with Crippen LogP contribution in [-0.4, -0.2) is 19.8 Å². The molecule has 0 heterocycles. The molecule has 0 aromatic heterocycles. The number of hydrogen-bond donors (Lipinski definition) is 0. The molecule has 0 aliphatic rings. The van der Waals surface area contributed by atoms with Gasteiger partial charge in [0, 0.05) is 23.9 Å². The van der Waals surface area contributed by atoms with Gasteiger partial charge in [0.25, 0.3) is 0 Å². The monoisotopic (exact) mass is 387 g/mol. The molecule has 2 aromatic rings. The molecule has 0 saturated carbocycles. The Morgan fingerprint density at radius 2 is 1.76 bits per heavy atom. The van der Waals surface area contributed by atoms with Gasteiger partial charge in [-0.3, -0.25) is 0 Å². The minimum Gasteiger partial charge on any atom is -0.207 e. The van der Waals surface area contributed by atoms with Crippen LogP contribution in [0.4, 0.5) is 0 Å². The second kappa shape index (κ2) is 6.92. The predicted molar refractivity (Wildman–Crippen MR) is 89.2 cm³/mol. The van der Waals surface area contributed by atoms with Gasteiger partial charge >= 0.3 is 0 Å². The first-order chi connectivity index (χ1) is 9.93. The molecule has 3 nitrogen and oxygen atoms in total. The molecule has 2 rings (SSSR count). The van der Waals surface area contributed by atoms with Crippen molar-refractivity contribution in [3.05, 3.63) is 64.7 Å². The Morgan fingerprint density at radius 1 is 1.10 bits per heavy atom. The van der Waals surface area contributed by atoms with Crippen LogP contribution in [0.5, 0.6) is 0 Å². The summed E-state index contributed by atoms with van der Waals surface area (Å²) >= 11 is 9.26. The van der Waals surface area contributed by atoms with Crippen molar-refractivity contribution in [3.63, 3.8) is 0 Å². The van der Waals surface area contributed by atoms with E-state index in [1.807, 2.05) is 12.1 Å². The van der Waals surface area contributed by atoms with E-state index >= 15 is 0 Å². The number of hydrogen-bond acceptors (Lipinski definition) is 2. The third-order valence-electron chi connectivity index (χ3n) is 3.08. The maximum Gasteiger partial charge on any atom is 0.243 e. The molecule has 0 bridgehead atoms. The maximum atomic E-state index is 12.5. The fraction of sp³-hybridized carbons (Fsp3) is 0.200. The molecule has 0 amide bonds. The Labute approximate surface area is 138 Å². The van der Waals surface area contributed by atoms with Crippen molar-refractivity contribution in [1.29, 1.82) is 0 Å². The van der Waals surface area contributed by atoms with Crippen LogP contribution in [0.1, 0.15) is 11.1 Å². The standard InChI is InChI=1S/C15H15BrClNO2S/c1-18(11-13-3-2-4-14(17)9-13)21(19,20)15-7-5-12(10-16)6-8-15/h2-9H,10-11H2,1H3. The van der Waals surface area contributed by atoms with Gasteiger partial charge in [0.2, 0.25) is 10.0 Å². The van der Waals surface area contributed by atoms with Gasteiger partial charge < -0.3 is 0 Å². The number of benzene rings is 2. The van der Waals surface area contributed by atoms with E-state index in [0.717, 1.165) is 11.1 Å². The summed E-state index contributed by atoms with van der Waals surface area (Å²) < 4.78 is 26.3. The fourth-order valence-corrected chi connectivity index (χ4v) is 3.65. The number of rotatable bonds is 5. The van der Waals surface area contributed by atoms with Crippen molar-refractivity contribution in [2.24, 2.45) is 0 Å². The molecule has 0 aliphatic carbocycles. The van der Waals surface area contributed by atoms with Crippen LogP contribution in [0.2, 0.25) is 5.02 Å². The first kappa shape index (κ1) is 16.5. The molecule has 21 heavy (non-hydrogen) atoms. The van der Waals surface area contributed by atoms with E-state index in [1.54, 1.807) is 43.4 Å². The van der Waals surface area contributed by atoms with E-state index in [9.17, 15) is 8.42 Å². The lowest BCUT2D eigenvalue weighted by Crippen LogP contribution is -2.26. The molecule has 112 valence electrons. The first-order valence-corrected chi connectivity index (χ1v) is 9.23. The van der Waals surface area contributed by atoms with Crippen LogP contribution in [0.25, 0.3) is 0 Å². The lowest BCUT2D eigenvalue weighted by Gasteiger charge is -2.17. The molecule has 0 fully saturated rings. The lowest BCUT2D eigenvalue weighted by atomic mass is 10.2. The van der Waals surface area contributed by atoms with E-state index < -0.39 is 10.0 Å². The Balaban J connectivity index is 2.21. The molecule has 0 saturated heterocycles.